The first kappa shape index (κ1) is 23.5. The second kappa shape index (κ2) is 12.8. The summed E-state index contributed by atoms with van der Waals surface area (Å²) in [6.07, 6.45) is 0. The maximum atomic E-state index is 5.40. The molecule has 2 aromatic carbocycles. The van der Waals surface area contributed by atoms with Crippen molar-refractivity contribution >= 4 is 82.2 Å². The van der Waals surface area contributed by atoms with Crippen LogP contribution in [0.1, 0.15) is 13.8 Å². The Kier molecular flexibility index (Phi) is 12.6. The summed E-state index contributed by atoms with van der Waals surface area (Å²) >= 11 is 5.30. The predicted molar refractivity (Wildman–Crippen MR) is 111 cm³/mol. The summed E-state index contributed by atoms with van der Waals surface area (Å²) in [5, 5.41) is 6.80. The van der Waals surface area contributed by atoms with Crippen molar-refractivity contribution in [2.45, 2.75) is 13.8 Å². The molecule has 0 spiro atoms. The maximum absolute atomic E-state index is 5.40. The Balaban J connectivity index is 0.00000264. The number of hydrogen-bond acceptors (Lipinski definition) is 3. The molecule has 0 unspecified atom stereocenters. The topological polar surface area (TPSA) is 42.5 Å². The van der Waals surface area contributed by atoms with Gasteiger partial charge in [-0.05, 0) is 74.6 Å². The van der Waals surface area contributed by atoms with E-state index in [2.05, 4.69) is 10.6 Å². The van der Waals surface area contributed by atoms with E-state index in [1.54, 1.807) is 0 Å². The van der Waals surface area contributed by atoms with E-state index in [0.29, 0.717) is 18.3 Å². The van der Waals surface area contributed by atoms with Gasteiger partial charge in [-0.3, -0.25) is 0 Å². The molecule has 2 aromatic rings. The summed E-state index contributed by atoms with van der Waals surface area (Å²) in [6.45, 7) is 5.24. The van der Waals surface area contributed by atoms with Gasteiger partial charge < -0.3 is 20.1 Å². The SMILES string of the molecule is CCOc1ccc(NC(=S)Nc2ccc(OCC)cc2)cc1.[NaH].[SnH2]. The predicted octanol–water partition coefficient (Wildman–Crippen LogP) is 2.73. The Labute approximate surface area is 187 Å². The number of thiocarbonyl (C=S) groups is 1. The molecule has 0 saturated carbocycles. The van der Waals surface area contributed by atoms with Crippen molar-refractivity contribution < 1.29 is 9.47 Å². The van der Waals surface area contributed by atoms with E-state index in [-0.39, 0.29) is 53.5 Å². The summed E-state index contributed by atoms with van der Waals surface area (Å²) < 4.78 is 10.8. The zero-order chi connectivity index (χ0) is 15.8. The van der Waals surface area contributed by atoms with Gasteiger partial charge in [0.15, 0.2) is 5.11 Å². The summed E-state index contributed by atoms with van der Waals surface area (Å²) in [4.78, 5) is 0. The van der Waals surface area contributed by atoms with Crippen molar-refractivity contribution in [1.29, 1.82) is 0 Å². The van der Waals surface area contributed by atoms with Gasteiger partial charge >= 0.3 is 53.5 Å². The first-order chi connectivity index (χ1) is 10.7. The molecule has 0 amide bonds. The first-order valence-corrected chi connectivity index (χ1v) is 7.65. The number of benzene rings is 2. The van der Waals surface area contributed by atoms with Gasteiger partial charge in [-0.2, -0.15) is 0 Å². The van der Waals surface area contributed by atoms with Gasteiger partial charge in [0.05, 0.1) is 13.2 Å². The van der Waals surface area contributed by atoms with Crippen LogP contribution in [0.3, 0.4) is 0 Å². The number of ether oxygens (including phenoxy) is 2. The number of rotatable bonds is 6. The van der Waals surface area contributed by atoms with Crippen LogP contribution in [0.4, 0.5) is 11.4 Å². The van der Waals surface area contributed by atoms with Crippen LogP contribution in [-0.4, -0.2) is 71.8 Å². The molecule has 0 aliphatic heterocycles. The summed E-state index contributed by atoms with van der Waals surface area (Å²) in [5.41, 5.74) is 1.82. The Morgan fingerprint density at radius 3 is 1.42 bits per heavy atom. The van der Waals surface area contributed by atoms with E-state index in [1.807, 2.05) is 62.4 Å². The van der Waals surface area contributed by atoms with E-state index in [4.69, 9.17) is 21.7 Å². The van der Waals surface area contributed by atoms with Crippen molar-refractivity contribution in [3.8, 4) is 11.5 Å². The molecule has 0 aromatic heterocycles. The first-order valence-electron chi connectivity index (χ1n) is 7.25. The Morgan fingerprint density at radius 1 is 0.792 bits per heavy atom. The van der Waals surface area contributed by atoms with Gasteiger partial charge in [-0.25, -0.2) is 0 Å². The van der Waals surface area contributed by atoms with Gasteiger partial charge in [0.2, 0.25) is 0 Å². The fourth-order valence-corrected chi connectivity index (χ4v) is 2.13. The number of nitrogens with one attached hydrogen (secondary N) is 2. The van der Waals surface area contributed by atoms with Gasteiger partial charge in [-0.1, -0.05) is 0 Å². The molecule has 2 N–H and O–H groups in total. The molecule has 2 radical (unpaired) electrons. The molecule has 124 valence electrons. The Morgan fingerprint density at radius 2 is 1.12 bits per heavy atom. The van der Waals surface area contributed by atoms with E-state index >= 15 is 0 Å². The minimum atomic E-state index is 0. The van der Waals surface area contributed by atoms with Gasteiger partial charge in [0.1, 0.15) is 11.5 Å². The molecule has 4 nitrogen and oxygen atoms in total. The minimum absolute atomic E-state index is 0. The number of hydrogen-bond donors (Lipinski definition) is 2. The number of anilines is 2. The van der Waals surface area contributed by atoms with Crippen LogP contribution >= 0.6 is 12.2 Å². The fraction of sp³-hybridized carbons (Fsp3) is 0.235. The molecule has 2 rings (SSSR count). The van der Waals surface area contributed by atoms with E-state index in [1.165, 1.54) is 0 Å². The average molecular weight is 461 g/mol. The third-order valence-electron chi connectivity index (χ3n) is 2.85. The third kappa shape index (κ3) is 8.07. The monoisotopic (exact) mass is 462 g/mol. The van der Waals surface area contributed by atoms with E-state index < -0.39 is 0 Å². The quantitative estimate of drug-likeness (QED) is 0.512. The fourth-order valence-electron chi connectivity index (χ4n) is 1.90. The average Bonchev–Trinajstić information content (AvgIpc) is 2.52. The van der Waals surface area contributed by atoms with Crippen LogP contribution < -0.4 is 20.1 Å². The molecule has 0 aliphatic carbocycles. The summed E-state index contributed by atoms with van der Waals surface area (Å²) in [7, 11) is 0. The molecular formula is C17H23N2NaO2SSn. The second-order valence-corrected chi connectivity index (χ2v) is 4.90. The molecule has 24 heavy (non-hydrogen) atoms. The molecule has 0 bridgehead atoms. The van der Waals surface area contributed by atoms with E-state index in [9.17, 15) is 0 Å². The normalized spacial score (nSPS) is 9.08. The van der Waals surface area contributed by atoms with Crippen molar-refractivity contribution in [2.75, 3.05) is 23.8 Å². The standard InChI is InChI=1S/C17H20N2O2S.Na.Sn.3H/c1-3-20-15-9-5-13(6-10-15)18-17(22)19-14-7-11-16(12-8-14)21-4-2;;;;;/h5-12H,3-4H2,1-2H3,(H2,18,19,22);;;;;. The molecular weight excluding hydrogens is 438 g/mol. The third-order valence-corrected chi connectivity index (χ3v) is 3.05. The van der Waals surface area contributed by atoms with Crippen LogP contribution in [0.2, 0.25) is 0 Å². The van der Waals surface area contributed by atoms with Crippen LogP contribution in [-0.2, 0) is 0 Å². The van der Waals surface area contributed by atoms with Crippen LogP contribution in [0.15, 0.2) is 48.5 Å². The van der Waals surface area contributed by atoms with Crippen molar-refractivity contribution in [3.63, 3.8) is 0 Å². The van der Waals surface area contributed by atoms with Gasteiger partial charge in [0, 0.05) is 11.4 Å². The molecule has 7 heteroatoms. The molecule has 0 atom stereocenters. The zero-order valence-corrected chi connectivity index (χ0v) is 18.3. The van der Waals surface area contributed by atoms with Crippen LogP contribution in [0, 0.1) is 0 Å². The molecule has 0 fully saturated rings. The van der Waals surface area contributed by atoms with Gasteiger partial charge in [-0.15, -0.1) is 0 Å². The van der Waals surface area contributed by atoms with Crippen LogP contribution in [0.25, 0.3) is 0 Å². The van der Waals surface area contributed by atoms with Crippen molar-refractivity contribution in [2.24, 2.45) is 0 Å². The van der Waals surface area contributed by atoms with Crippen molar-refractivity contribution in [1.82, 2.24) is 0 Å². The second-order valence-electron chi connectivity index (χ2n) is 4.49. The Bertz CT molecular complexity index is 555. The zero-order valence-electron chi connectivity index (χ0n) is 13.5. The van der Waals surface area contributed by atoms with Gasteiger partial charge in [0.25, 0.3) is 0 Å². The molecule has 0 aliphatic rings. The van der Waals surface area contributed by atoms with Crippen LogP contribution in [0.5, 0.6) is 11.5 Å². The van der Waals surface area contributed by atoms with Crippen molar-refractivity contribution in [3.05, 3.63) is 48.5 Å². The summed E-state index contributed by atoms with van der Waals surface area (Å²) in [5.74, 6) is 1.69. The molecule has 0 heterocycles. The Hall–Kier alpha value is -0.471. The summed E-state index contributed by atoms with van der Waals surface area (Å²) in [6, 6.07) is 15.3. The molecule has 0 saturated heterocycles. The van der Waals surface area contributed by atoms with E-state index in [0.717, 1.165) is 22.9 Å².